The highest BCUT2D eigenvalue weighted by Crippen LogP contribution is 2.38. The van der Waals surface area contributed by atoms with E-state index in [0.717, 1.165) is 34.2 Å². The number of nitrogens with one attached hydrogen (secondary N) is 1. The lowest BCUT2D eigenvalue weighted by molar-refractivity contribution is -0.137. The normalized spacial score (nSPS) is 14.2. The first kappa shape index (κ1) is 24.2. The molecule has 1 unspecified atom stereocenters. The highest BCUT2D eigenvalue weighted by molar-refractivity contribution is 5.78. The van der Waals surface area contributed by atoms with Crippen molar-refractivity contribution in [2.75, 3.05) is 0 Å². The Bertz CT molecular complexity index is 1930. The molecule has 0 bridgehead atoms. The lowest BCUT2D eigenvalue weighted by Crippen LogP contribution is -2.33. The number of fused-ring (bicyclic) bond motifs is 3. The Hall–Kier alpha value is -5.12. The Labute approximate surface area is 222 Å². The van der Waals surface area contributed by atoms with E-state index in [1.807, 2.05) is 25.1 Å². The first-order valence-electron chi connectivity index (χ1n) is 12.5. The van der Waals surface area contributed by atoms with Crippen LogP contribution in [-0.2, 0) is 17.8 Å². The Morgan fingerprint density at radius 3 is 2.51 bits per heavy atom. The average molecular weight is 521 g/mol. The topological polar surface area (TPSA) is 136 Å². The Morgan fingerprint density at radius 1 is 1.03 bits per heavy atom. The molecule has 1 aliphatic carbocycles. The summed E-state index contributed by atoms with van der Waals surface area (Å²) < 4.78 is 2.54. The van der Waals surface area contributed by atoms with Crippen molar-refractivity contribution in [3.8, 4) is 5.95 Å². The molecule has 10 heteroatoms. The van der Waals surface area contributed by atoms with Crippen LogP contribution in [0.3, 0.4) is 0 Å². The van der Waals surface area contributed by atoms with Gasteiger partial charge in [-0.15, -0.1) is 0 Å². The van der Waals surface area contributed by atoms with E-state index in [1.165, 1.54) is 33.4 Å². The van der Waals surface area contributed by atoms with Gasteiger partial charge in [-0.3, -0.25) is 14.6 Å². The van der Waals surface area contributed by atoms with Crippen LogP contribution in [0.4, 0.5) is 0 Å². The van der Waals surface area contributed by atoms with E-state index in [4.69, 9.17) is 0 Å². The molecule has 2 N–H and O–H groups in total. The molecule has 0 spiro atoms. The van der Waals surface area contributed by atoms with Crippen molar-refractivity contribution >= 4 is 29.3 Å². The number of hydrogen-bond donors (Lipinski definition) is 2. The van der Waals surface area contributed by atoms with Crippen molar-refractivity contribution in [2.45, 2.75) is 32.7 Å². The summed E-state index contributed by atoms with van der Waals surface area (Å²) in [5.74, 6) is -1.53. The molecule has 6 rings (SSSR count). The smallest absolute Gasteiger partial charge is 0.335 e. The Kier molecular flexibility index (Phi) is 5.79. The molecule has 5 aromatic rings. The summed E-state index contributed by atoms with van der Waals surface area (Å²) in [6.07, 6.45) is 9.27. The summed E-state index contributed by atoms with van der Waals surface area (Å²) in [5.41, 5.74) is 5.94. The fourth-order valence-corrected chi connectivity index (χ4v) is 5.10. The van der Waals surface area contributed by atoms with E-state index < -0.39 is 23.1 Å². The van der Waals surface area contributed by atoms with E-state index in [2.05, 4.69) is 57.2 Å². The predicted octanol–water partition coefficient (Wildman–Crippen LogP) is 3.28. The molecule has 3 heterocycles. The summed E-state index contributed by atoms with van der Waals surface area (Å²) in [6.45, 7) is 3.77. The number of nitrogens with zero attached hydrogens (tertiary/aromatic N) is 5. The standard InChI is InChI=1S/C29H24N6O4/c1-3-17-5-9-21-19(11-17)7-6-18-10-16(2)4-8-20(18)25(21)22-13-35(29(39)33-27(22)38)28-30-12-23-26(32-28)34(15-31-23)14-24(36)37/h4-13,15,25H,3,14H2,1-2H3,(H,36,37)(H,33,38,39). The second-order valence-electron chi connectivity index (χ2n) is 9.57. The number of rotatable bonds is 5. The zero-order valence-electron chi connectivity index (χ0n) is 21.3. The minimum atomic E-state index is -1.06. The Morgan fingerprint density at radius 2 is 1.77 bits per heavy atom. The maximum absolute atomic E-state index is 13.4. The van der Waals surface area contributed by atoms with Crippen LogP contribution in [0, 0.1) is 6.92 Å². The van der Waals surface area contributed by atoms with Crippen LogP contribution in [0.2, 0.25) is 0 Å². The van der Waals surface area contributed by atoms with E-state index in [9.17, 15) is 19.5 Å². The van der Waals surface area contributed by atoms with Gasteiger partial charge in [0.05, 0.1) is 12.5 Å². The molecular formula is C29H24N6O4. The molecule has 0 saturated heterocycles. The molecule has 1 atom stereocenters. The molecule has 0 saturated carbocycles. The van der Waals surface area contributed by atoms with Crippen molar-refractivity contribution in [3.63, 3.8) is 0 Å². The number of carboxylic acids is 1. The SMILES string of the molecule is CCc1ccc2c(c1)C=Cc1cc(C)ccc1C2c1cn(-c2ncc3ncn(CC(=O)O)c3n2)c(=O)[nH]c1=O. The number of aliphatic carboxylic acids is 1. The number of benzene rings is 2. The molecule has 0 amide bonds. The van der Waals surface area contributed by atoms with Crippen LogP contribution in [0.15, 0.2) is 64.7 Å². The minimum absolute atomic E-state index is 0.00503. The van der Waals surface area contributed by atoms with Crippen LogP contribution in [0.25, 0.3) is 29.3 Å². The van der Waals surface area contributed by atoms with Gasteiger partial charge in [0.15, 0.2) is 5.65 Å². The van der Waals surface area contributed by atoms with Gasteiger partial charge in [0, 0.05) is 17.7 Å². The van der Waals surface area contributed by atoms with Crippen LogP contribution < -0.4 is 11.2 Å². The fraction of sp³-hybridized carbons (Fsp3) is 0.172. The third kappa shape index (κ3) is 4.25. The van der Waals surface area contributed by atoms with Gasteiger partial charge in [0.25, 0.3) is 5.56 Å². The zero-order valence-corrected chi connectivity index (χ0v) is 21.3. The van der Waals surface area contributed by atoms with Gasteiger partial charge in [-0.1, -0.05) is 61.0 Å². The molecule has 2 aromatic carbocycles. The third-order valence-corrected chi connectivity index (χ3v) is 7.01. The van der Waals surface area contributed by atoms with Crippen LogP contribution in [0.1, 0.15) is 51.8 Å². The van der Waals surface area contributed by atoms with Gasteiger partial charge >= 0.3 is 11.7 Å². The molecule has 194 valence electrons. The largest absolute Gasteiger partial charge is 0.480 e. The second kappa shape index (κ2) is 9.32. The van der Waals surface area contributed by atoms with Gasteiger partial charge in [0.1, 0.15) is 12.1 Å². The highest BCUT2D eigenvalue weighted by Gasteiger charge is 2.27. The van der Waals surface area contributed by atoms with Crippen LogP contribution in [-0.4, -0.2) is 40.1 Å². The number of aromatic amines is 1. The molecule has 3 aromatic heterocycles. The first-order valence-corrected chi connectivity index (χ1v) is 12.5. The van der Waals surface area contributed by atoms with E-state index in [0.29, 0.717) is 11.1 Å². The first-order chi connectivity index (χ1) is 18.8. The quantitative estimate of drug-likeness (QED) is 0.356. The average Bonchev–Trinajstić information content (AvgIpc) is 3.23. The van der Waals surface area contributed by atoms with Crippen molar-refractivity contribution in [2.24, 2.45) is 0 Å². The van der Waals surface area contributed by atoms with E-state index in [1.54, 1.807) is 0 Å². The summed E-state index contributed by atoms with van der Waals surface area (Å²) in [7, 11) is 0. The Balaban J connectivity index is 1.58. The molecule has 0 fully saturated rings. The lowest BCUT2D eigenvalue weighted by Gasteiger charge is -2.21. The maximum atomic E-state index is 13.4. The van der Waals surface area contributed by atoms with E-state index >= 15 is 0 Å². The van der Waals surface area contributed by atoms with Crippen molar-refractivity contribution in [1.82, 2.24) is 29.1 Å². The van der Waals surface area contributed by atoms with Gasteiger partial charge < -0.3 is 9.67 Å². The monoisotopic (exact) mass is 520 g/mol. The second-order valence-corrected chi connectivity index (χ2v) is 9.57. The van der Waals surface area contributed by atoms with Crippen molar-refractivity contribution < 1.29 is 9.90 Å². The van der Waals surface area contributed by atoms with E-state index in [-0.39, 0.29) is 18.1 Å². The van der Waals surface area contributed by atoms with Crippen molar-refractivity contribution in [1.29, 1.82) is 0 Å². The van der Waals surface area contributed by atoms with Gasteiger partial charge in [-0.05, 0) is 41.2 Å². The van der Waals surface area contributed by atoms with Crippen LogP contribution >= 0.6 is 0 Å². The number of carboxylic acid groups (broad SMARTS) is 1. The zero-order chi connectivity index (χ0) is 27.3. The number of imidazole rings is 1. The molecule has 10 nitrogen and oxygen atoms in total. The number of aryl methyl sites for hydroxylation is 2. The maximum Gasteiger partial charge on any atom is 0.335 e. The summed E-state index contributed by atoms with van der Waals surface area (Å²) in [5, 5.41) is 9.23. The summed E-state index contributed by atoms with van der Waals surface area (Å²) >= 11 is 0. The van der Waals surface area contributed by atoms with Gasteiger partial charge in [-0.25, -0.2) is 19.3 Å². The highest BCUT2D eigenvalue weighted by atomic mass is 16.4. The lowest BCUT2D eigenvalue weighted by atomic mass is 9.82. The predicted molar refractivity (Wildman–Crippen MR) is 146 cm³/mol. The third-order valence-electron chi connectivity index (χ3n) is 7.01. The number of carbonyl (C=O) groups is 1. The fourth-order valence-electron chi connectivity index (χ4n) is 5.10. The minimum Gasteiger partial charge on any atom is -0.480 e. The van der Waals surface area contributed by atoms with Gasteiger partial charge in [-0.2, -0.15) is 4.98 Å². The summed E-state index contributed by atoms with van der Waals surface area (Å²) in [4.78, 5) is 52.9. The van der Waals surface area contributed by atoms with Crippen LogP contribution in [0.5, 0.6) is 0 Å². The number of aromatic nitrogens is 6. The summed E-state index contributed by atoms with van der Waals surface area (Å²) in [6, 6.07) is 12.3. The number of hydrogen-bond acceptors (Lipinski definition) is 6. The number of H-pyrrole nitrogens is 1. The van der Waals surface area contributed by atoms with Gasteiger partial charge in [0.2, 0.25) is 5.95 Å². The molecule has 0 radical (unpaired) electrons. The van der Waals surface area contributed by atoms with Crippen molar-refractivity contribution in [3.05, 3.63) is 115 Å². The molecule has 0 aliphatic heterocycles. The molecule has 1 aliphatic rings. The molecule has 39 heavy (non-hydrogen) atoms. The molecular weight excluding hydrogens is 496 g/mol.